The molecule has 0 atom stereocenters. The number of amides is 2. The number of carbonyl (C=O) groups is 2. The molecule has 0 N–H and O–H groups in total. The minimum absolute atomic E-state index is 0.352. The van der Waals surface area contributed by atoms with Crippen molar-refractivity contribution in [3.05, 3.63) is 88.3 Å². The average Bonchev–Trinajstić information content (AvgIpc) is 3.04. The van der Waals surface area contributed by atoms with Crippen molar-refractivity contribution in [2.45, 2.75) is 4.90 Å². The molecule has 0 aliphatic carbocycles. The lowest BCUT2D eigenvalue weighted by atomic mass is 10.1. The Labute approximate surface area is 188 Å². The van der Waals surface area contributed by atoms with Crippen LogP contribution in [0, 0.1) is 0 Å². The summed E-state index contributed by atoms with van der Waals surface area (Å²) in [5.41, 5.74) is 1.43. The maximum atomic E-state index is 13.5. The molecule has 3 aromatic carbocycles. The van der Waals surface area contributed by atoms with Crippen molar-refractivity contribution in [2.24, 2.45) is 0 Å². The number of benzene rings is 3. The monoisotopic (exact) mass is 449 g/mol. The van der Waals surface area contributed by atoms with Gasteiger partial charge in [0.15, 0.2) is 11.5 Å². The van der Waals surface area contributed by atoms with E-state index in [2.05, 4.69) is 0 Å². The number of carbonyl (C=O) groups excluding carboxylic acids is 2. The number of hydrogen-bond donors (Lipinski definition) is 0. The van der Waals surface area contributed by atoms with Gasteiger partial charge in [-0.05, 0) is 42.0 Å². The van der Waals surface area contributed by atoms with Gasteiger partial charge in [-0.15, -0.1) is 0 Å². The topological polar surface area (TPSA) is 55.8 Å². The first-order valence-electron chi connectivity index (χ1n) is 9.63. The van der Waals surface area contributed by atoms with Crippen LogP contribution in [0.3, 0.4) is 0 Å². The zero-order valence-corrected chi connectivity index (χ0v) is 17.8. The average molecular weight is 450 g/mol. The van der Waals surface area contributed by atoms with Gasteiger partial charge in [0, 0.05) is 16.0 Å². The Morgan fingerprint density at radius 1 is 0.806 bits per heavy atom. The number of anilines is 1. The summed E-state index contributed by atoms with van der Waals surface area (Å²) in [5.74, 6) is 0.350. The largest absolute Gasteiger partial charge is 0.486 e. The SMILES string of the molecule is O=C1C(Sc2ccccc2)=C(c2ccc(Cl)cc2)C(=O)N1c1ccc2c(c1)OCCO2. The summed E-state index contributed by atoms with van der Waals surface area (Å²) in [5, 5.41) is 0.557. The third-order valence-corrected chi connectivity index (χ3v) is 6.26. The molecule has 0 unspecified atom stereocenters. The van der Waals surface area contributed by atoms with E-state index in [0.29, 0.717) is 51.5 Å². The first-order chi connectivity index (χ1) is 15.1. The molecule has 2 amide bonds. The Hall–Kier alpha value is -3.22. The zero-order valence-electron chi connectivity index (χ0n) is 16.2. The van der Waals surface area contributed by atoms with Gasteiger partial charge < -0.3 is 9.47 Å². The third-order valence-electron chi connectivity index (χ3n) is 4.92. The molecule has 0 fully saturated rings. The van der Waals surface area contributed by atoms with E-state index in [0.717, 1.165) is 4.90 Å². The predicted molar refractivity (Wildman–Crippen MR) is 121 cm³/mol. The second-order valence-electron chi connectivity index (χ2n) is 6.90. The quantitative estimate of drug-likeness (QED) is 0.513. The summed E-state index contributed by atoms with van der Waals surface area (Å²) in [6.07, 6.45) is 0. The van der Waals surface area contributed by atoms with Gasteiger partial charge in [0.05, 0.1) is 16.2 Å². The van der Waals surface area contributed by atoms with E-state index in [4.69, 9.17) is 21.1 Å². The number of ether oxygens (including phenoxy) is 2. The van der Waals surface area contributed by atoms with E-state index in [1.807, 2.05) is 30.3 Å². The molecule has 0 spiro atoms. The van der Waals surface area contributed by atoms with E-state index >= 15 is 0 Å². The molecule has 154 valence electrons. The van der Waals surface area contributed by atoms with Crippen LogP contribution >= 0.6 is 23.4 Å². The van der Waals surface area contributed by atoms with Gasteiger partial charge in [-0.1, -0.05) is 53.7 Å². The first-order valence-corrected chi connectivity index (χ1v) is 10.8. The van der Waals surface area contributed by atoms with Crippen LogP contribution in [0.1, 0.15) is 5.56 Å². The lowest BCUT2D eigenvalue weighted by molar-refractivity contribution is -0.119. The van der Waals surface area contributed by atoms with Gasteiger partial charge in [-0.2, -0.15) is 0 Å². The molecule has 7 heteroatoms. The Balaban J connectivity index is 1.58. The van der Waals surface area contributed by atoms with Crippen LogP contribution in [0.25, 0.3) is 5.57 Å². The summed E-state index contributed by atoms with van der Waals surface area (Å²) in [6, 6.07) is 21.5. The molecule has 2 aliphatic rings. The molecule has 5 rings (SSSR count). The van der Waals surface area contributed by atoms with Crippen molar-refractivity contribution in [1.82, 2.24) is 0 Å². The van der Waals surface area contributed by atoms with Gasteiger partial charge in [0.1, 0.15) is 13.2 Å². The maximum absolute atomic E-state index is 13.5. The highest BCUT2D eigenvalue weighted by molar-refractivity contribution is 8.04. The van der Waals surface area contributed by atoms with Gasteiger partial charge in [0.25, 0.3) is 11.8 Å². The molecule has 31 heavy (non-hydrogen) atoms. The molecule has 0 bridgehead atoms. The number of hydrogen-bond acceptors (Lipinski definition) is 5. The fourth-order valence-electron chi connectivity index (χ4n) is 3.49. The summed E-state index contributed by atoms with van der Waals surface area (Å²) in [7, 11) is 0. The van der Waals surface area contributed by atoms with Crippen molar-refractivity contribution < 1.29 is 19.1 Å². The van der Waals surface area contributed by atoms with Crippen molar-refractivity contribution >= 4 is 46.4 Å². The highest BCUT2D eigenvalue weighted by Gasteiger charge is 2.40. The zero-order chi connectivity index (χ0) is 21.4. The number of fused-ring (bicyclic) bond motifs is 1. The van der Waals surface area contributed by atoms with E-state index in [1.54, 1.807) is 42.5 Å². The smallest absolute Gasteiger partial charge is 0.272 e. The standard InChI is InChI=1S/C24H16ClNO4S/c25-16-8-6-15(7-9-16)21-22(31-18-4-2-1-3-5-18)24(28)26(23(21)27)17-10-11-19-20(14-17)30-13-12-29-19/h1-11,14H,12-13H2. The molecule has 3 aromatic rings. The van der Waals surface area contributed by atoms with E-state index in [-0.39, 0.29) is 11.8 Å². The number of rotatable bonds is 4. The molecule has 0 radical (unpaired) electrons. The highest BCUT2D eigenvalue weighted by atomic mass is 35.5. The molecular weight excluding hydrogens is 434 g/mol. The van der Waals surface area contributed by atoms with Crippen molar-refractivity contribution in [3.8, 4) is 11.5 Å². The van der Waals surface area contributed by atoms with Gasteiger partial charge in [0.2, 0.25) is 0 Å². The third kappa shape index (κ3) is 3.69. The first kappa shape index (κ1) is 19.7. The molecule has 5 nitrogen and oxygen atoms in total. The van der Waals surface area contributed by atoms with Crippen molar-refractivity contribution in [2.75, 3.05) is 18.1 Å². The van der Waals surface area contributed by atoms with Crippen molar-refractivity contribution in [1.29, 1.82) is 0 Å². The lowest BCUT2D eigenvalue weighted by Crippen LogP contribution is -2.31. The second-order valence-corrected chi connectivity index (χ2v) is 8.42. The van der Waals surface area contributed by atoms with Crippen LogP contribution in [0.15, 0.2) is 82.6 Å². The number of thioether (sulfide) groups is 1. The van der Waals surface area contributed by atoms with Crippen LogP contribution in [-0.4, -0.2) is 25.0 Å². The fourth-order valence-corrected chi connectivity index (χ4v) is 4.63. The molecule has 0 saturated heterocycles. The summed E-state index contributed by atoms with van der Waals surface area (Å²) in [6.45, 7) is 0.885. The van der Waals surface area contributed by atoms with Gasteiger partial charge in [-0.3, -0.25) is 9.59 Å². The van der Waals surface area contributed by atoms with Crippen LogP contribution in [-0.2, 0) is 9.59 Å². The number of nitrogens with zero attached hydrogens (tertiary/aromatic N) is 1. The Morgan fingerprint density at radius 2 is 1.52 bits per heavy atom. The van der Waals surface area contributed by atoms with Crippen LogP contribution in [0.5, 0.6) is 11.5 Å². The predicted octanol–water partition coefficient (Wildman–Crippen LogP) is 5.19. The number of halogens is 1. The van der Waals surface area contributed by atoms with Crippen LogP contribution < -0.4 is 14.4 Å². The second kappa shape index (κ2) is 8.13. The molecule has 0 saturated carbocycles. The molecule has 0 aromatic heterocycles. The Morgan fingerprint density at radius 3 is 2.26 bits per heavy atom. The lowest BCUT2D eigenvalue weighted by Gasteiger charge is -2.21. The highest BCUT2D eigenvalue weighted by Crippen LogP contribution is 2.43. The van der Waals surface area contributed by atoms with Crippen LogP contribution in [0.2, 0.25) is 5.02 Å². The summed E-state index contributed by atoms with van der Waals surface area (Å²) in [4.78, 5) is 29.4. The summed E-state index contributed by atoms with van der Waals surface area (Å²) < 4.78 is 11.2. The minimum Gasteiger partial charge on any atom is -0.486 e. The summed E-state index contributed by atoms with van der Waals surface area (Å²) >= 11 is 7.31. The van der Waals surface area contributed by atoms with E-state index in [1.165, 1.54) is 16.7 Å². The van der Waals surface area contributed by atoms with E-state index < -0.39 is 0 Å². The normalized spacial score (nSPS) is 15.6. The van der Waals surface area contributed by atoms with Gasteiger partial charge >= 0.3 is 0 Å². The molecule has 2 heterocycles. The van der Waals surface area contributed by atoms with E-state index in [9.17, 15) is 9.59 Å². The maximum Gasteiger partial charge on any atom is 0.272 e. The van der Waals surface area contributed by atoms with Gasteiger partial charge in [-0.25, -0.2) is 4.90 Å². The Bertz CT molecular complexity index is 1210. The minimum atomic E-state index is -0.387. The van der Waals surface area contributed by atoms with Crippen LogP contribution in [0.4, 0.5) is 5.69 Å². The van der Waals surface area contributed by atoms with Crippen molar-refractivity contribution in [3.63, 3.8) is 0 Å². The number of imide groups is 1. The molecule has 2 aliphatic heterocycles. The Kier molecular flexibility index (Phi) is 5.18. The fraction of sp³-hybridized carbons (Fsp3) is 0.0833. The molecular formula is C24H16ClNO4S.